The summed E-state index contributed by atoms with van der Waals surface area (Å²) >= 11 is 11.8. The Morgan fingerprint density at radius 3 is 2.81 bits per heavy atom. The fourth-order valence-electron chi connectivity index (χ4n) is 1.40. The number of fused-ring (bicyclic) bond motifs is 1. The summed E-state index contributed by atoms with van der Waals surface area (Å²) in [6, 6.07) is 5.52. The molecular formula is C10H8Cl2N4. The largest absolute Gasteiger partial charge is 0.243 e. The van der Waals surface area contributed by atoms with Gasteiger partial charge in [-0.1, -0.05) is 28.4 Å². The Kier molecular flexibility index (Phi) is 2.99. The monoisotopic (exact) mass is 254 g/mol. The third-order valence-corrected chi connectivity index (χ3v) is 2.95. The topological polar surface area (TPSA) is 54.5 Å². The quantitative estimate of drug-likeness (QED) is 0.828. The van der Waals surface area contributed by atoms with Crippen LogP contribution in [-0.4, -0.2) is 15.0 Å². The molecule has 2 aromatic rings. The van der Waals surface area contributed by atoms with Crippen LogP contribution in [0.1, 0.15) is 6.92 Å². The van der Waals surface area contributed by atoms with Gasteiger partial charge in [0, 0.05) is 0 Å². The molecule has 0 aliphatic rings. The number of hydrogen-bond acceptors (Lipinski definition) is 3. The van der Waals surface area contributed by atoms with E-state index >= 15 is 0 Å². The second-order valence-electron chi connectivity index (χ2n) is 3.56. The summed E-state index contributed by atoms with van der Waals surface area (Å²) in [6.07, 6.45) is 0. The molecular weight excluding hydrogens is 247 g/mol. The molecule has 0 radical (unpaired) electrons. The van der Waals surface area contributed by atoms with Crippen LogP contribution in [0.5, 0.6) is 0 Å². The molecule has 0 spiro atoms. The summed E-state index contributed by atoms with van der Waals surface area (Å²) in [6.45, 7) is 2.32. The lowest BCUT2D eigenvalue weighted by molar-refractivity contribution is 0.526. The highest BCUT2D eigenvalue weighted by Crippen LogP contribution is 2.26. The standard InChI is InChI=1S/C10H8Cl2N4/c1-6(4-13)5-16-10-3-8(12)7(11)2-9(10)14-15-16/h2-3,6H,5H2,1H3. The van der Waals surface area contributed by atoms with Crippen LogP contribution in [0.2, 0.25) is 10.0 Å². The normalized spacial score (nSPS) is 12.6. The number of aromatic nitrogens is 3. The van der Waals surface area contributed by atoms with Crippen LogP contribution >= 0.6 is 23.2 Å². The molecule has 16 heavy (non-hydrogen) atoms. The Morgan fingerprint density at radius 1 is 1.44 bits per heavy atom. The molecule has 1 heterocycles. The van der Waals surface area contributed by atoms with E-state index in [1.165, 1.54) is 0 Å². The van der Waals surface area contributed by atoms with Crippen molar-refractivity contribution in [2.75, 3.05) is 0 Å². The van der Waals surface area contributed by atoms with Gasteiger partial charge >= 0.3 is 0 Å². The molecule has 2 rings (SSSR count). The Hall–Kier alpha value is -1.31. The average Bonchev–Trinajstić information content (AvgIpc) is 2.62. The smallest absolute Gasteiger partial charge is 0.114 e. The number of nitrogens with zero attached hydrogens (tertiary/aromatic N) is 4. The third kappa shape index (κ3) is 1.97. The van der Waals surface area contributed by atoms with Crippen molar-refractivity contribution in [3.63, 3.8) is 0 Å². The van der Waals surface area contributed by atoms with Crippen molar-refractivity contribution in [2.24, 2.45) is 5.92 Å². The fourth-order valence-corrected chi connectivity index (χ4v) is 1.71. The minimum Gasteiger partial charge on any atom is -0.243 e. The first-order valence-electron chi connectivity index (χ1n) is 4.69. The zero-order valence-corrected chi connectivity index (χ0v) is 10.00. The van der Waals surface area contributed by atoms with Crippen molar-refractivity contribution in [2.45, 2.75) is 13.5 Å². The molecule has 0 fully saturated rings. The van der Waals surface area contributed by atoms with Gasteiger partial charge in [0.25, 0.3) is 0 Å². The minimum atomic E-state index is -0.126. The maximum Gasteiger partial charge on any atom is 0.114 e. The predicted molar refractivity (Wildman–Crippen MR) is 62.3 cm³/mol. The Balaban J connectivity index is 2.49. The van der Waals surface area contributed by atoms with E-state index in [9.17, 15) is 0 Å². The lowest BCUT2D eigenvalue weighted by Crippen LogP contribution is -2.07. The summed E-state index contributed by atoms with van der Waals surface area (Å²) in [5.74, 6) is -0.126. The third-order valence-electron chi connectivity index (χ3n) is 2.22. The number of hydrogen-bond donors (Lipinski definition) is 0. The highest BCUT2D eigenvalue weighted by Gasteiger charge is 2.10. The second-order valence-corrected chi connectivity index (χ2v) is 4.37. The highest BCUT2D eigenvalue weighted by atomic mass is 35.5. The van der Waals surface area contributed by atoms with Gasteiger partial charge in [0.1, 0.15) is 5.52 Å². The summed E-state index contributed by atoms with van der Waals surface area (Å²) in [4.78, 5) is 0. The fraction of sp³-hybridized carbons (Fsp3) is 0.300. The summed E-state index contributed by atoms with van der Waals surface area (Å²) in [7, 11) is 0. The SMILES string of the molecule is CC(C#N)Cn1nnc2cc(Cl)c(Cl)cc21. The molecule has 0 aliphatic heterocycles. The van der Waals surface area contributed by atoms with E-state index in [0.29, 0.717) is 22.1 Å². The Morgan fingerprint density at radius 2 is 2.12 bits per heavy atom. The van der Waals surface area contributed by atoms with Crippen molar-refractivity contribution in [1.29, 1.82) is 5.26 Å². The van der Waals surface area contributed by atoms with Gasteiger partial charge in [-0.15, -0.1) is 5.10 Å². The molecule has 1 aromatic carbocycles. The first-order chi connectivity index (χ1) is 7.61. The number of nitriles is 1. The van der Waals surface area contributed by atoms with Crippen molar-refractivity contribution in [3.05, 3.63) is 22.2 Å². The van der Waals surface area contributed by atoms with Crippen LogP contribution in [0, 0.1) is 17.2 Å². The molecule has 1 unspecified atom stereocenters. The van der Waals surface area contributed by atoms with Crippen molar-refractivity contribution in [1.82, 2.24) is 15.0 Å². The van der Waals surface area contributed by atoms with Crippen LogP contribution in [-0.2, 0) is 6.54 Å². The van der Waals surface area contributed by atoms with Crippen LogP contribution < -0.4 is 0 Å². The summed E-state index contributed by atoms with van der Waals surface area (Å²) in [5, 5.41) is 17.6. The molecule has 1 aromatic heterocycles. The van der Waals surface area contributed by atoms with E-state index in [4.69, 9.17) is 28.5 Å². The summed E-state index contributed by atoms with van der Waals surface area (Å²) < 4.78 is 1.66. The first kappa shape index (κ1) is 11.2. The van der Waals surface area contributed by atoms with Crippen LogP contribution in [0.3, 0.4) is 0 Å². The molecule has 4 nitrogen and oxygen atoms in total. The van der Waals surface area contributed by atoms with E-state index in [1.807, 2.05) is 6.92 Å². The van der Waals surface area contributed by atoms with E-state index in [0.717, 1.165) is 5.52 Å². The molecule has 82 valence electrons. The van der Waals surface area contributed by atoms with Gasteiger partial charge in [0.05, 0.1) is 34.1 Å². The van der Waals surface area contributed by atoms with Crippen molar-refractivity contribution < 1.29 is 0 Å². The van der Waals surface area contributed by atoms with Gasteiger partial charge in [0.2, 0.25) is 0 Å². The zero-order valence-electron chi connectivity index (χ0n) is 8.48. The van der Waals surface area contributed by atoms with Gasteiger partial charge in [-0.3, -0.25) is 0 Å². The van der Waals surface area contributed by atoms with E-state index in [-0.39, 0.29) is 5.92 Å². The zero-order chi connectivity index (χ0) is 11.7. The lowest BCUT2D eigenvalue weighted by atomic mass is 10.2. The average molecular weight is 255 g/mol. The van der Waals surface area contributed by atoms with Gasteiger partial charge in [0.15, 0.2) is 0 Å². The molecule has 1 atom stereocenters. The Bertz CT molecular complexity index is 570. The highest BCUT2D eigenvalue weighted by molar-refractivity contribution is 6.42. The van der Waals surface area contributed by atoms with Gasteiger partial charge in [-0.2, -0.15) is 5.26 Å². The molecule has 0 bridgehead atoms. The maximum absolute atomic E-state index is 8.75. The van der Waals surface area contributed by atoms with Crippen molar-refractivity contribution >= 4 is 34.2 Å². The number of benzene rings is 1. The molecule has 0 amide bonds. The number of halogens is 2. The molecule has 0 N–H and O–H groups in total. The van der Waals surface area contributed by atoms with Crippen LogP contribution in [0.25, 0.3) is 11.0 Å². The van der Waals surface area contributed by atoms with Crippen molar-refractivity contribution in [3.8, 4) is 6.07 Å². The van der Waals surface area contributed by atoms with E-state index < -0.39 is 0 Å². The van der Waals surface area contributed by atoms with Gasteiger partial charge in [-0.05, 0) is 19.1 Å². The van der Waals surface area contributed by atoms with Gasteiger partial charge < -0.3 is 0 Å². The maximum atomic E-state index is 8.75. The molecule has 6 heteroatoms. The van der Waals surface area contributed by atoms with E-state index in [1.54, 1.807) is 16.8 Å². The van der Waals surface area contributed by atoms with Crippen LogP contribution in [0.15, 0.2) is 12.1 Å². The lowest BCUT2D eigenvalue weighted by Gasteiger charge is -2.03. The molecule has 0 aliphatic carbocycles. The molecule has 0 saturated heterocycles. The minimum absolute atomic E-state index is 0.126. The van der Waals surface area contributed by atoms with E-state index in [2.05, 4.69) is 16.4 Å². The second kappa shape index (κ2) is 4.28. The Labute approximate surface area is 102 Å². The molecule has 0 saturated carbocycles. The first-order valence-corrected chi connectivity index (χ1v) is 5.45. The predicted octanol–water partition coefficient (Wildman–Crippen LogP) is 2.90. The summed E-state index contributed by atoms with van der Waals surface area (Å²) in [5.41, 5.74) is 1.47. The van der Waals surface area contributed by atoms with Crippen LogP contribution in [0.4, 0.5) is 0 Å². The van der Waals surface area contributed by atoms with Gasteiger partial charge in [-0.25, -0.2) is 4.68 Å². The number of rotatable bonds is 2.